The zero-order valence-corrected chi connectivity index (χ0v) is 20.3. The van der Waals surface area contributed by atoms with E-state index in [2.05, 4.69) is 35.5 Å². The van der Waals surface area contributed by atoms with E-state index in [1.54, 1.807) is 12.5 Å². The zero-order chi connectivity index (χ0) is 24.7. The van der Waals surface area contributed by atoms with E-state index in [1.165, 1.54) is 0 Å². The first kappa shape index (κ1) is 22.2. The minimum absolute atomic E-state index is 0.174. The van der Waals surface area contributed by atoms with Crippen LogP contribution in [0.1, 0.15) is 47.9 Å². The van der Waals surface area contributed by atoms with Crippen LogP contribution in [0.25, 0.3) is 22.5 Å². The fourth-order valence-electron chi connectivity index (χ4n) is 4.76. The maximum absolute atomic E-state index is 12.8. The van der Waals surface area contributed by atoms with Gasteiger partial charge in [0.05, 0.1) is 23.2 Å². The van der Waals surface area contributed by atoms with Crippen LogP contribution in [0.4, 0.5) is 5.82 Å². The van der Waals surface area contributed by atoms with E-state index in [9.17, 15) is 4.79 Å². The van der Waals surface area contributed by atoms with Gasteiger partial charge in [-0.3, -0.25) is 9.78 Å². The molecule has 1 aromatic carbocycles. The van der Waals surface area contributed by atoms with E-state index in [1.807, 2.05) is 67.1 Å². The fraction of sp³-hybridized carbons (Fsp3) is 0.200. The summed E-state index contributed by atoms with van der Waals surface area (Å²) >= 11 is 0. The van der Waals surface area contributed by atoms with Crippen molar-refractivity contribution in [3.8, 4) is 22.5 Å². The second kappa shape index (κ2) is 8.72. The summed E-state index contributed by atoms with van der Waals surface area (Å²) in [6.07, 6.45) is 9.06. The Balaban J connectivity index is 1.37. The predicted molar refractivity (Wildman–Crippen MR) is 141 cm³/mol. The molecule has 0 saturated carbocycles. The summed E-state index contributed by atoms with van der Waals surface area (Å²) in [5, 5.41) is 0. The first-order valence-corrected chi connectivity index (χ1v) is 12.2. The maximum Gasteiger partial charge on any atom is 0.266 e. The summed E-state index contributed by atoms with van der Waals surface area (Å²) in [6, 6.07) is 21.9. The molecule has 6 rings (SSSR count). The average Bonchev–Trinajstić information content (AvgIpc) is 3.42. The van der Waals surface area contributed by atoms with Crippen LogP contribution in [-0.2, 0) is 6.42 Å². The molecule has 1 atom stereocenters. The summed E-state index contributed by atoms with van der Waals surface area (Å²) in [4.78, 5) is 31.6. The lowest BCUT2D eigenvalue weighted by Crippen LogP contribution is -2.31. The van der Waals surface area contributed by atoms with Crippen LogP contribution in [0.3, 0.4) is 0 Å². The monoisotopic (exact) mass is 472 g/mol. The van der Waals surface area contributed by atoms with Crippen LogP contribution in [0.2, 0.25) is 0 Å². The van der Waals surface area contributed by atoms with Crippen molar-refractivity contribution in [1.82, 2.24) is 15.0 Å². The van der Waals surface area contributed by atoms with Gasteiger partial charge in [-0.2, -0.15) is 0 Å². The molecule has 0 spiro atoms. The van der Waals surface area contributed by atoms with Crippen molar-refractivity contribution in [2.24, 2.45) is 10.4 Å². The van der Waals surface area contributed by atoms with Crippen molar-refractivity contribution in [1.29, 1.82) is 0 Å². The molecule has 3 aromatic heterocycles. The van der Waals surface area contributed by atoms with Gasteiger partial charge in [-0.15, -0.1) is 9.98 Å². The van der Waals surface area contributed by atoms with Gasteiger partial charge in [-0.05, 0) is 36.8 Å². The Kier molecular flexibility index (Phi) is 5.37. The van der Waals surface area contributed by atoms with Gasteiger partial charge in [-0.25, -0.2) is 9.56 Å². The Morgan fingerprint density at radius 3 is 2.47 bits per heavy atom. The number of hydrogen-bond donors (Lipinski definition) is 0. The molecule has 1 aliphatic carbocycles. The smallest absolute Gasteiger partial charge is 0.266 e. The average molecular weight is 473 g/mol. The van der Waals surface area contributed by atoms with Gasteiger partial charge < -0.3 is 0 Å². The lowest BCUT2D eigenvalue weighted by Gasteiger charge is -2.27. The molecule has 0 fully saturated rings. The number of Topliss-reactive ketones (excluding diaryl/α,β-unsaturated/α-hetero) is 1. The molecule has 36 heavy (non-hydrogen) atoms. The van der Waals surface area contributed by atoms with Crippen LogP contribution in [0, 0.1) is 5.41 Å². The number of hydrogen-bond acceptors (Lipinski definition) is 5. The van der Waals surface area contributed by atoms with Crippen molar-refractivity contribution in [3.63, 3.8) is 0 Å². The summed E-state index contributed by atoms with van der Waals surface area (Å²) < 4.78 is 1.95. The third-order valence-electron chi connectivity index (χ3n) is 6.94. The standard InChI is InChI=1S/C30H26N5O/c1-30(2)13-12-24-23(29(30)36)10-11-28(34-24)35-18-27(32-19-35)22-15-25(20-7-4-3-5-8-20)33-26(16-22)21-9-6-14-31-17-21/h3-11,14-19,27H,12-13H2,1-2H3/q+1. The Bertz CT molecular complexity index is 1470. The van der Waals surface area contributed by atoms with Gasteiger partial charge in [0.1, 0.15) is 5.69 Å². The molecular formula is C30H26N5O+. The number of aliphatic imine (C=N–C) groups is 1. The minimum atomic E-state index is -0.327. The lowest BCUT2D eigenvalue weighted by atomic mass is 9.75. The van der Waals surface area contributed by atoms with E-state index >= 15 is 0 Å². The molecule has 0 radical (unpaired) electrons. The van der Waals surface area contributed by atoms with Crippen LogP contribution in [0.15, 0.2) is 84.1 Å². The van der Waals surface area contributed by atoms with Gasteiger partial charge >= 0.3 is 0 Å². The Morgan fingerprint density at radius 2 is 1.69 bits per heavy atom. The summed E-state index contributed by atoms with van der Waals surface area (Å²) in [7, 11) is 0. The number of carbonyl (C=O) groups is 1. The van der Waals surface area contributed by atoms with Crippen molar-refractivity contribution in [3.05, 3.63) is 95.9 Å². The molecule has 2 aliphatic rings. The van der Waals surface area contributed by atoms with E-state index in [-0.39, 0.29) is 17.2 Å². The topological polar surface area (TPSA) is 71.1 Å². The third kappa shape index (κ3) is 4.05. The normalized spacial score (nSPS) is 18.1. The van der Waals surface area contributed by atoms with Gasteiger partial charge in [0.2, 0.25) is 6.34 Å². The van der Waals surface area contributed by atoms with Gasteiger partial charge in [-0.1, -0.05) is 44.2 Å². The Morgan fingerprint density at radius 1 is 0.917 bits per heavy atom. The van der Waals surface area contributed by atoms with E-state index in [4.69, 9.17) is 15.0 Å². The molecular weight excluding hydrogens is 446 g/mol. The predicted octanol–water partition coefficient (Wildman–Crippen LogP) is 5.86. The number of aromatic nitrogens is 3. The second-order valence-electron chi connectivity index (χ2n) is 9.92. The second-order valence-corrected chi connectivity index (χ2v) is 9.92. The summed E-state index contributed by atoms with van der Waals surface area (Å²) in [5.41, 5.74) is 6.08. The Hall–Kier alpha value is -4.32. The third-order valence-corrected chi connectivity index (χ3v) is 6.94. The molecule has 6 heteroatoms. The van der Waals surface area contributed by atoms with Crippen molar-refractivity contribution >= 4 is 24.2 Å². The highest BCUT2D eigenvalue weighted by Gasteiger charge is 2.36. The molecule has 1 aliphatic heterocycles. The number of rotatable bonds is 4. The number of fused-ring (bicyclic) bond motifs is 1. The molecule has 0 bridgehead atoms. The van der Waals surface area contributed by atoms with Gasteiger partial charge in [0.25, 0.3) is 5.82 Å². The first-order valence-electron chi connectivity index (χ1n) is 12.2. The number of benzene rings is 1. The molecule has 0 N–H and O–H groups in total. The SMILES string of the molecule is CC1(C)CCc2nc([N+]3=CC(c4cc(-c5ccccc5)nc(-c5cccnc5)c4)N=C3)ccc2C1=O. The number of aryl methyl sites for hydroxylation is 1. The zero-order valence-electron chi connectivity index (χ0n) is 20.3. The highest BCUT2D eigenvalue weighted by atomic mass is 16.1. The van der Waals surface area contributed by atoms with Crippen LogP contribution in [0.5, 0.6) is 0 Å². The summed E-state index contributed by atoms with van der Waals surface area (Å²) in [5.74, 6) is 0.949. The van der Waals surface area contributed by atoms with E-state index in [0.717, 1.165) is 58.0 Å². The molecule has 176 valence electrons. The Labute approximate surface area is 210 Å². The number of carbonyl (C=O) groups excluding carboxylic acids is 1. The van der Waals surface area contributed by atoms with Gasteiger partial charge in [0, 0.05) is 47.0 Å². The van der Waals surface area contributed by atoms with E-state index in [0.29, 0.717) is 0 Å². The molecule has 0 saturated heterocycles. The molecule has 4 heterocycles. The van der Waals surface area contributed by atoms with Gasteiger partial charge in [0.15, 0.2) is 11.8 Å². The number of ketones is 1. The van der Waals surface area contributed by atoms with Crippen molar-refractivity contribution < 1.29 is 9.37 Å². The van der Waals surface area contributed by atoms with Crippen molar-refractivity contribution in [2.75, 3.05) is 0 Å². The minimum Gasteiger partial charge on any atom is -0.293 e. The number of pyridine rings is 3. The quantitative estimate of drug-likeness (QED) is 0.349. The van der Waals surface area contributed by atoms with Crippen LogP contribution in [-0.4, -0.2) is 37.9 Å². The van der Waals surface area contributed by atoms with Crippen molar-refractivity contribution in [2.45, 2.75) is 32.7 Å². The van der Waals surface area contributed by atoms with Crippen LogP contribution >= 0.6 is 0 Å². The highest BCUT2D eigenvalue weighted by molar-refractivity contribution is 6.02. The fourth-order valence-corrected chi connectivity index (χ4v) is 4.76. The highest BCUT2D eigenvalue weighted by Crippen LogP contribution is 2.35. The molecule has 0 amide bonds. The molecule has 6 nitrogen and oxygen atoms in total. The molecule has 1 unspecified atom stereocenters. The number of nitrogens with zero attached hydrogens (tertiary/aromatic N) is 5. The lowest BCUT2D eigenvalue weighted by molar-refractivity contribution is -0.291. The molecule has 4 aromatic rings. The largest absolute Gasteiger partial charge is 0.293 e. The van der Waals surface area contributed by atoms with E-state index < -0.39 is 0 Å². The van der Waals surface area contributed by atoms with Crippen LogP contribution < -0.4 is 0 Å². The maximum atomic E-state index is 12.8. The summed E-state index contributed by atoms with van der Waals surface area (Å²) in [6.45, 7) is 4.02. The first-order chi connectivity index (χ1) is 17.5.